The summed E-state index contributed by atoms with van der Waals surface area (Å²) in [5, 5.41) is 9.25. The van der Waals surface area contributed by atoms with Gasteiger partial charge in [-0.25, -0.2) is 9.59 Å². The summed E-state index contributed by atoms with van der Waals surface area (Å²) in [5.74, 6) is 0.511. The molecule has 8 nitrogen and oxygen atoms in total. The van der Waals surface area contributed by atoms with E-state index in [9.17, 15) is 14.7 Å². The van der Waals surface area contributed by atoms with E-state index in [0.717, 1.165) is 37.0 Å². The van der Waals surface area contributed by atoms with E-state index in [1.807, 2.05) is 42.5 Å². The van der Waals surface area contributed by atoms with Crippen LogP contribution in [-0.2, 0) is 20.7 Å². The molecule has 8 heteroatoms. The molecule has 0 bridgehead atoms. The Kier molecular flexibility index (Phi) is 13.9. The Morgan fingerprint density at radius 1 is 0.833 bits per heavy atom. The zero-order valence-electron chi connectivity index (χ0n) is 21.4. The molecule has 1 atom stereocenters. The Balaban J connectivity index is 1.79. The number of hydrogen-bond donors (Lipinski definition) is 1. The number of amides is 1. The number of hydrogen-bond acceptors (Lipinski definition) is 6. The molecule has 198 valence electrons. The lowest BCUT2D eigenvalue weighted by Crippen LogP contribution is -2.36. The maximum atomic E-state index is 12.6. The maximum Gasteiger partial charge on any atom is 0.409 e. The predicted octanol–water partition coefficient (Wildman–Crippen LogP) is 5.20. The standard InChI is InChI=1S/C28H39NO7/c1-3-5-19-36-28(32)29(17-9-10-20-34-24-11-7-6-8-12-24)18-21-35-25-15-13-23(14-16-25)22-26(27(30)31)33-4-2/h6-8,11-16,26H,3-5,9-10,17-22H2,1-2H3,(H,30,31). The Morgan fingerprint density at radius 3 is 2.19 bits per heavy atom. The monoisotopic (exact) mass is 501 g/mol. The number of nitrogens with zero attached hydrogens (tertiary/aromatic N) is 1. The average molecular weight is 502 g/mol. The van der Waals surface area contributed by atoms with Crippen molar-refractivity contribution in [2.45, 2.75) is 52.1 Å². The van der Waals surface area contributed by atoms with Gasteiger partial charge in [-0.05, 0) is 56.0 Å². The fourth-order valence-electron chi connectivity index (χ4n) is 3.43. The van der Waals surface area contributed by atoms with Gasteiger partial charge in [0.1, 0.15) is 18.1 Å². The second-order valence-corrected chi connectivity index (χ2v) is 8.30. The van der Waals surface area contributed by atoms with Crippen molar-refractivity contribution in [2.24, 2.45) is 0 Å². The third kappa shape index (κ3) is 11.4. The van der Waals surface area contributed by atoms with Gasteiger partial charge in [-0.1, -0.05) is 43.7 Å². The van der Waals surface area contributed by atoms with E-state index in [1.54, 1.807) is 24.0 Å². The van der Waals surface area contributed by atoms with Gasteiger partial charge in [0.15, 0.2) is 6.10 Å². The Labute approximate surface area is 214 Å². The molecule has 0 aliphatic carbocycles. The molecular weight excluding hydrogens is 462 g/mol. The fraction of sp³-hybridized carbons (Fsp3) is 0.500. The molecule has 1 N–H and O–H groups in total. The van der Waals surface area contributed by atoms with E-state index < -0.39 is 12.1 Å². The summed E-state index contributed by atoms with van der Waals surface area (Å²) in [6.45, 7) is 6.43. The van der Waals surface area contributed by atoms with Crippen molar-refractivity contribution in [1.29, 1.82) is 0 Å². The molecule has 0 aliphatic heterocycles. The zero-order chi connectivity index (χ0) is 26.0. The number of carbonyl (C=O) groups excluding carboxylic acids is 1. The molecule has 0 saturated carbocycles. The van der Waals surface area contributed by atoms with Crippen LogP contribution >= 0.6 is 0 Å². The summed E-state index contributed by atoms with van der Waals surface area (Å²) < 4.78 is 22.2. The Bertz CT molecular complexity index is 873. The zero-order valence-corrected chi connectivity index (χ0v) is 21.4. The molecule has 0 heterocycles. The second-order valence-electron chi connectivity index (χ2n) is 8.30. The Morgan fingerprint density at radius 2 is 1.53 bits per heavy atom. The smallest absolute Gasteiger partial charge is 0.409 e. The third-order valence-corrected chi connectivity index (χ3v) is 5.43. The quantitative estimate of drug-likeness (QED) is 0.281. The molecule has 0 aromatic heterocycles. The van der Waals surface area contributed by atoms with Gasteiger partial charge in [0, 0.05) is 19.6 Å². The number of aliphatic carboxylic acids is 1. The van der Waals surface area contributed by atoms with E-state index in [-0.39, 0.29) is 12.5 Å². The highest BCUT2D eigenvalue weighted by molar-refractivity contribution is 5.72. The van der Waals surface area contributed by atoms with Crippen molar-refractivity contribution in [3.63, 3.8) is 0 Å². The molecule has 1 amide bonds. The van der Waals surface area contributed by atoms with Gasteiger partial charge >= 0.3 is 12.1 Å². The van der Waals surface area contributed by atoms with Crippen molar-refractivity contribution in [3.05, 3.63) is 60.2 Å². The van der Waals surface area contributed by atoms with Crippen LogP contribution < -0.4 is 9.47 Å². The fourth-order valence-corrected chi connectivity index (χ4v) is 3.43. The molecule has 2 aromatic carbocycles. The first kappa shape index (κ1) is 29.0. The van der Waals surface area contributed by atoms with Gasteiger partial charge in [0.25, 0.3) is 0 Å². The number of unbranched alkanes of at least 4 members (excludes halogenated alkanes) is 2. The summed E-state index contributed by atoms with van der Waals surface area (Å²) in [6.07, 6.45) is 2.48. The molecule has 2 aromatic rings. The minimum absolute atomic E-state index is 0.287. The lowest BCUT2D eigenvalue weighted by Gasteiger charge is -2.22. The topological polar surface area (TPSA) is 94.5 Å². The van der Waals surface area contributed by atoms with Crippen molar-refractivity contribution < 1.29 is 33.6 Å². The SMILES string of the molecule is CCCCOC(=O)N(CCCCOc1ccccc1)CCOc1ccc(CC(OCC)C(=O)O)cc1. The van der Waals surface area contributed by atoms with Crippen molar-refractivity contribution >= 4 is 12.1 Å². The molecule has 0 radical (unpaired) electrons. The molecular formula is C28H39NO7. The van der Waals surface area contributed by atoms with Gasteiger partial charge in [-0.2, -0.15) is 0 Å². The van der Waals surface area contributed by atoms with Crippen LogP contribution in [0.1, 0.15) is 45.1 Å². The minimum atomic E-state index is -0.977. The van der Waals surface area contributed by atoms with Crippen LogP contribution in [0.3, 0.4) is 0 Å². The second kappa shape index (κ2) is 17.2. The molecule has 0 saturated heterocycles. The number of para-hydroxylation sites is 1. The normalized spacial score (nSPS) is 11.5. The van der Waals surface area contributed by atoms with E-state index in [0.29, 0.717) is 45.3 Å². The molecule has 36 heavy (non-hydrogen) atoms. The third-order valence-electron chi connectivity index (χ3n) is 5.43. The molecule has 0 aliphatic rings. The van der Waals surface area contributed by atoms with Crippen molar-refractivity contribution in [3.8, 4) is 11.5 Å². The van der Waals surface area contributed by atoms with Gasteiger partial charge in [-0.15, -0.1) is 0 Å². The molecule has 0 fully saturated rings. The van der Waals surface area contributed by atoms with Crippen LogP contribution in [0, 0.1) is 0 Å². The Hall–Kier alpha value is -3.26. The molecule has 0 spiro atoms. The maximum absolute atomic E-state index is 12.6. The largest absolute Gasteiger partial charge is 0.494 e. The first-order valence-corrected chi connectivity index (χ1v) is 12.7. The molecule has 1 unspecified atom stereocenters. The van der Waals surface area contributed by atoms with Gasteiger partial charge in [0.2, 0.25) is 0 Å². The molecule has 2 rings (SSSR count). The predicted molar refractivity (Wildman–Crippen MR) is 138 cm³/mol. The van der Waals surface area contributed by atoms with E-state index >= 15 is 0 Å². The van der Waals surface area contributed by atoms with E-state index in [2.05, 4.69) is 6.92 Å². The van der Waals surface area contributed by atoms with Gasteiger partial charge in [0.05, 0.1) is 19.8 Å². The number of ether oxygens (including phenoxy) is 4. The number of benzene rings is 2. The van der Waals surface area contributed by atoms with Gasteiger partial charge in [-0.3, -0.25) is 0 Å². The number of carbonyl (C=O) groups is 2. The summed E-state index contributed by atoms with van der Waals surface area (Å²) in [6, 6.07) is 16.9. The van der Waals surface area contributed by atoms with Gasteiger partial charge < -0.3 is 29.0 Å². The highest BCUT2D eigenvalue weighted by Crippen LogP contribution is 2.15. The van der Waals surface area contributed by atoms with Crippen molar-refractivity contribution in [1.82, 2.24) is 4.90 Å². The summed E-state index contributed by atoms with van der Waals surface area (Å²) in [4.78, 5) is 25.5. The number of carboxylic acids is 1. The van der Waals surface area contributed by atoms with E-state index in [4.69, 9.17) is 18.9 Å². The highest BCUT2D eigenvalue weighted by atomic mass is 16.6. The summed E-state index contributed by atoms with van der Waals surface area (Å²) >= 11 is 0. The first-order chi connectivity index (χ1) is 17.5. The number of carboxylic acid groups (broad SMARTS) is 1. The number of rotatable bonds is 18. The van der Waals surface area contributed by atoms with Crippen LogP contribution in [0.5, 0.6) is 11.5 Å². The first-order valence-electron chi connectivity index (χ1n) is 12.7. The average Bonchev–Trinajstić information content (AvgIpc) is 2.88. The van der Waals surface area contributed by atoms with Crippen LogP contribution in [0.15, 0.2) is 54.6 Å². The van der Waals surface area contributed by atoms with Crippen LogP contribution in [-0.4, -0.2) is 67.7 Å². The van der Waals surface area contributed by atoms with E-state index in [1.165, 1.54) is 0 Å². The lowest BCUT2D eigenvalue weighted by atomic mass is 10.1. The lowest BCUT2D eigenvalue weighted by molar-refractivity contribution is -0.149. The summed E-state index contributed by atoms with van der Waals surface area (Å²) in [5.41, 5.74) is 0.849. The summed E-state index contributed by atoms with van der Waals surface area (Å²) in [7, 11) is 0. The van der Waals surface area contributed by atoms with Crippen LogP contribution in [0.25, 0.3) is 0 Å². The van der Waals surface area contributed by atoms with Crippen LogP contribution in [0.4, 0.5) is 4.79 Å². The van der Waals surface area contributed by atoms with Crippen LogP contribution in [0.2, 0.25) is 0 Å². The highest BCUT2D eigenvalue weighted by Gasteiger charge is 2.18. The van der Waals surface area contributed by atoms with Crippen molar-refractivity contribution in [2.75, 3.05) is 39.5 Å². The minimum Gasteiger partial charge on any atom is -0.494 e.